The molecule has 0 heterocycles. The van der Waals surface area contributed by atoms with Crippen LogP contribution < -0.4 is 5.32 Å². The molecular weight excluding hydrogens is 337 g/mol. The number of halogens is 3. The number of carboxylic acid groups (broad SMARTS) is 1. The van der Waals surface area contributed by atoms with Crippen LogP contribution in [0.2, 0.25) is 0 Å². The van der Waals surface area contributed by atoms with Gasteiger partial charge in [0.05, 0.1) is 5.56 Å². The van der Waals surface area contributed by atoms with Crippen LogP contribution in [0.5, 0.6) is 0 Å². The van der Waals surface area contributed by atoms with Crippen molar-refractivity contribution in [2.75, 3.05) is 13.1 Å². The van der Waals surface area contributed by atoms with Crippen molar-refractivity contribution in [3.63, 3.8) is 0 Å². The molecule has 2 N–H and O–H groups in total. The standard InChI is InChI=1S/C17H21F3N2O3/c18-17(19,20)14-5-2-1-4-13(14)11-22(10-12-7-8-12)16(25)21-9-3-6-15(23)24/h1-2,4-5,12H,3,6-11H2,(H,21,25)(H,23,24). The van der Waals surface area contributed by atoms with Gasteiger partial charge in [-0.1, -0.05) is 18.2 Å². The fourth-order valence-electron chi connectivity index (χ4n) is 2.52. The van der Waals surface area contributed by atoms with E-state index in [0.717, 1.165) is 18.9 Å². The zero-order valence-corrected chi connectivity index (χ0v) is 13.7. The molecular formula is C17H21F3N2O3. The van der Waals surface area contributed by atoms with E-state index >= 15 is 0 Å². The average molecular weight is 358 g/mol. The minimum absolute atomic E-state index is 0.0522. The van der Waals surface area contributed by atoms with Crippen LogP contribution in [0, 0.1) is 5.92 Å². The Bertz CT molecular complexity index is 615. The lowest BCUT2D eigenvalue weighted by atomic mass is 10.1. The van der Waals surface area contributed by atoms with Crippen LogP contribution in [-0.4, -0.2) is 35.1 Å². The first-order chi connectivity index (χ1) is 11.8. The number of carbonyl (C=O) groups is 2. The molecule has 0 bridgehead atoms. The van der Waals surface area contributed by atoms with Gasteiger partial charge in [-0.2, -0.15) is 13.2 Å². The largest absolute Gasteiger partial charge is 0.481 e. The number of urea groups is 1. The van der Waals surface area contributed by atoms with Gasteiger partial charge in [-0.15, -0.1) is 0 Å². The molecule has 0 aliphatic heterocycles. The summed E-state index contributed by atoms with van der Waals surface area (Å²) in [7, 11) is 0. The zero-order valence-electron chi connectivity index (χ0n) is 13.7. The molecule has 1 fully saturated rings. The Morgan fingerprint density at radius 2 is 1.92 bits per heavy atom. The van der Waals surface area contributed by atoms with Crippen LogP contribution in [0.25, 0.3) is 0 Å². The van der Waals surface area contributed by atoms with E-state index in [4.69, 9.17) is 5.11 Å². The summed E-state index contributed by atoms with van der Waals surface area (Å²) >= 11 is 0. The van der Waals surface area contributed by atoms with Gasteiger partial charge in [0, 0.05) is 26.1 Å². The van der Waals surface area contributed by atoms with Gasteiger partial charge >= 0.3 is 18.2 Å². The summed E-state index contributed by atoms with van der Waals surface area (Å²) in [5.41, 5.74) is -0.689. The number of hydrogen-bond acceptors (Lipinski definition) is 2. The molecule has 0 radical (unpaired) electrons. The van der Waals surface area contributed by atoms with E-state index in [2.05, 4.69) is 5.32 Å². The third-order valence-electron chi connectivity index (χ3n) is 3.99. The Kier molecular flexibility index (Phi) is 6.27. The summed E-state index contributed by atoms with van der Waals surface area (Å²) in [6, 6.07) is 4.76. The first-order valence-corrected chi connectivity index (χ1v) is 8.17. The lowest BCUT2D eigenvalue weighted by Gasteiger charge is -2.25. The minimum atomic E-state index is -4.47. The number of carboxylic acids is 1. The van der Waals surface area contributed by atoms with Crippen molar-refractivity contribution in [2.45, 2.75) is 38.4 Å². The van der Waals surface area contributed by atoms with Gasteiger partial charge < -0.3 is 15.3 Å². The third kappa shape index (κ3) is 6.28. The number of amides is 2. The van der Waals surface area contributed by atoms with Gasteiger partial charge in [-0.25, -0.2) is 4.79 Å². The second-order valence-electron chi connectivity index (χ2n) is 6.21. The van der Waals surface area contributed by atoms with Crippen LogP contribution in [0.1, 0.15) is 36.8 Å². The van der Waals surface area contributed by atoms with Crippen LogP contribution in [-0.2, 0) is 17.5 Å². The van der Waals surface area contributed by atoms with E-state index in [-0.39, 0.29) is 31.5 Å². The van der Waals surface area contributed by atoms with E-state index in [0.29, 0.717) is 12.5 Å². The molecule has 1 aliphatic rings. The van der Waals surface area contributed by atoms with Crippen molar-refractivity contribution >= 4 is 12.0 Å². The van der Waals surface area contributed by atoms with Gasteiger partial charge in [0.2, 0.25) is 0 Å². The molecule has 1 aromatic rings. The Balaban J connectivity index is 2.02. The Morgan fingerprint density at radius 3 is 2.52 bits per heavy atom. The first-order valence-electron chi connectivity index (χ1n) is 8.17. The summed E-state index contributed by atoms with van der Waals surface area (Å²) in [4.78, 5) is 24.2. The first kappa shape index (κ1) is 19.1. The van der Waals surface area contributed by atoms with Crippen molar-refractivity contribution in [3.05, 3.63) is 35.4 Å². The van der Waals surface area contributed by atoms with Crippen LogP contribution >= 0.6 is 0 Å². The molecule has 2 rings (SSSR count). The predicted molar refractivity (Wildman–Crippen MR) is 84.8 cm³/mol. The fourth-order valence-corrected chi connectivity index (χ4v) is 2.52. The number of aliphatic carboxylic acids is 1. The lowest BCUT2D eigenvalue weighted by molar-refractivity contribution is -0.138. The Hall–Kier alpha value is -2.25. The lowest BCUT2D eigenvalue weighted by Crippen LogP contribution is -2.41. The van der Waals surface area contributed by atoms with Crippen molar-refractivity contribution in [1.82, 2.24) is 10.2 Å². The second-order valence-corrected chi connectivity index (χ2v) is 6.21. The molecule has 0 atom stereocenters. The summed E-state index contributed by atoms with van der Waals surface area (Å²) < 4.78 is 39.4. The SMILES string of the molecule is O=C(O)CCCNC(=O)N(Cc1ccccc1C(F)(F)F)CC1CC1. The quantitative estimate of drug-likeness (QED) is 0.699. The molecule has 8 heteroatoms. The predicted octanol–water partition coefficient (Wildman–Crippen LogP) is 3.49. The number of hydrogen-bond donors (Lipinski definition) is 2. The molecule has 0 spiro atoms. The van der Waals surface area contributed by atoms with Crippen molar-refractivity contribution in [1.29, 1.82) is 0 Å². The number of benzene rings is 1. The summed E-state index contributed by atoms with van der Waals surface area (Å²) in [6.07, 6.45) is -2.34. The van der Waals surface area contributed by atoms with Crippen molar-refractivity contribution in [2.24, 2.45) is 5.92 Å². The minimum Gasteiger partial charge on any atom is -0.481 e. The normalized spacial score (nSPS) is 14.2. The second kappa shape index (κ2) is 8.22. The molecule has 0 unspecified atom stereocenters. The van der Waals surface area contributed by atoms with Crippen molar-refractivity contribution in [3.8, 4) is 0 Å². The molecule has 1 aromatic carbocycles. The summed E-state index contributed by atoms with van der Waals surface area (Å²) in [5.74, 6) is -0.633. The average Bonchev–Trinajstić information content (AvgIpc) is 3.34. The highest BCUT2D eigenvalue weighted by molar-refractivity contribution is 5.74. The molecule has 1 aliphatic carbocycles. The highest BCUT2D eigenvalue weighted by atomic mass is 19.4. The van der Waals surface area contributed by atoms with Gasteiger partial charge in [0.1, 0.15) is 0 Å². The molecule has 5 nitrogen and oxygen atoms in total. The Labute approximate surface area is 143 Å². The number of rotatable bonds is 8. The maximum atomic E-state index is 13.1. The van der Waals surface area contributed by atoms with Crippen LogP contribution in [0.3, 0.4) is 0 Å². The van der Waals surface area contributed by atoms with E-state index < -0.39 is 23.7 Å². The van der Waals surface area contributed by atoms with Crippen LogP contribution in [0.15, 0.2) is 24.3 Å². The van der Waals surface area contributed by atoms with Crippen LogP contribution in [0.4, 0.5) is 18.0 Å². The summed E-state index contributed by atoms with van der Waals surface area (Å²) in [6.45, 7) is 0.446. The van der Waals surface area contributed by atoms with Crippen molar-refractivity contribution < 1.29 is 27.9 Å². The van der Waals surface area contributed by atoms with Gasteiger partial charge in [0.15, 0.2) is 0 Å². The van der Waals surface area contributed by atoms with Gasteiger partial charge in [-0.3, -0.25) is 4.79 Å². The molecule has 138 valence electrons. The maximum Gasteiger partial charge on any atom is 0.416 e. The third-order valence-corrected chi connectivity index (χ3v) is 3.99. The highest BCUT2D eigenvalue weighted by Gasteiger charge is 2.34. The van der Waals surface area contributed by atoms with E-state index in [1.54, 1.807) is 0 Å². The highest BCUT2D eigenvalue weighted by Crippen LogP contribution is 2.34. The number of alkyl halides is 3. The molecule has 25 heavy (non-hydrogen) atoms. The maximum absolute atomic E-state index is 13.1. The zero-order chi connectivity index (χ0) is 18.4. The van der Waals surface area contributed by atoms with E-state index in [9.17, 15) is 22.8 Å². The van der Waals surface area contributed by atoms with E-state index in [1.165, 1.54) is 23.1 Å². The molecule has 2 amide bonds. The summed E-state index contributed by atoms with van der Waals surface area (Å²) in [5, 5.41) is 11.2. The molecule has 0 aromatic heterocycles. The fraction of sp³-hybridized carbons (Fsp3) is 0.529. The smallest absolute Gasteiger partial charge is 0.416 e. The topological polar surface area (TPSA) is 69.6 Å². The number of nitrogens with zero attached hydrogens (tertiary/aromatic N) is 1. The van der Waals surface area contributed by atoms with Gasteiger partial charge in [0.25, 0.3) is 0 Å². The van der Waals surface area contributed by atoms with Gasteiger partial charge in [-0.05, 0) is 36.8 Å². The number of nitrogens with one attached hydrogen (secondary N) is 1. The molecule has 1 saturated carbocycles. The van der Waals surface area contributed by atoms with E-state index in [1.807, 2.05) is 0 Å². The number of carbonyl (C=O) groups excluding carboxylic acids is 1. The molecule has 0 saturated heterocycles. The Morgan fingerprint density at radius 1 is 1.24 bits per heavy atom. The monoisotopic (exact) mass is 358 g/mol.